The smallest absolute Gasteiger partial charge is 0.184 e. The highest BCUT2D eigenvalue weighted by Gasteiger charge is 2.49. The molecule has 0 amide bonds. The summed E-state index contributed by atoms with van der Waals surface area (Å²) in [5.41, 5.74) is 1.91. The number of hydrogen-bond donors (Lipinski definition) is 1. The fourth-order valence-electron chi connectivity index (χ4n) is 4.63. The topological polar surface area (TPSA) is 29.5 Å². The Balaban J connectivity index is 2.07. The summed E-state index contributed by atoms with van der Waals surface area (Å²) >= 11 is 0. The fraction of sp³-hybridized carbons (Fsp3) is 0.810. The first-order valence-electron chi connectivity index (χ1n) is 9.65. The molecule has 0 aromatic heterocycles. The maximum atomic E-state index is 9.10. The van der Waals surface area contributed by atoms with Crippen molar-refractivity contribution in [2.45, 2.75) is 78.6 Å². The van der Waals surface area contributed by atoms with Crippen molar-refractivity contribution in [1.29, 1.82) is 0 Å². The largest absolute Gasteiger partial charge is 0.414 e. The molecule has 2 unspecified atom stereocenters. The molecule has 5 atom stereocenters. The summed E-state index contributed by atoms with van der Waals surface area (Å²) in [5, 5.41) is 9.10. The molecule has 136 valence electrons. The Labute approximate surface area is 150 Å². The van der Waals surface area contributed by atoms with Crippen molar-refractivity contribution < 1.29 is 9.53 Å². The van der Waals surface area contributed by atoms with Crippen LogP contribution in [0.4, 0.5) is 0 Å². The van der Waals surface area contributed by atoms with Crippen LogP contribution in [0, 0.1) is 35.0 Å². The molecular weight excluding hydrogens is 312 g/mol. The third-order valence-corrected chi connectivity index (χ3v) is 6.78. The van der Waals surface area contributed by atoms with E-state index in [9.17, 15) is 0 Å². The molecule has 24 heavy (non-hydrogen) atoms. The van der Waals surface area contributed by atoms with Gasteiger partial charge < -0.3 is 9.53 Å². The van der Waals surface area contributed by atoms with E-state index in [0.29, 0.717) is 23.4 Å². The summed E-state index contributed by atoms with van der Waals surface area (Å²) in [7, 11) is -1.49. The Morgan fingerprint density at radius 1 is 1.38 bits per heavy atom. The number of allylic oxidation sites excluding steroid dienone is 2. The van der Waals surface area contributed by atoms with Gasteiger partial charge in [-0.3, -0.25) is 0 Å². The zero-order chi connectivity index (χ0) is 18.0. The van der Waals surface area contributed by atoms with Gasteiger partial charge in [0.2, 0.25) is 0 Å². The quantitative estimate of drug-likeness (QED) is 0.430. The average molecular weight is 349 g/mol. The average Bonchev–Trinajstić information content (AvgIpc) is 2.83. The highest BCUT2D eigenvalue weighted by atomic mass is 28.4. The van der Waals surface area contributed by atoms with Crippen molar-refractivity contribution in [3.63, 3.8) is 0 Å². The zero-order valence-corrected chi connectivity index (χ0v) is 17.5. The maximum absolute atomic E-state index is 9.10. The minimum absolute atomic E-state index is 0.0855. The van der Waals surface area contributed by atoms with E-state index in [2.05, 4.69) is 51.4 Å². The van der Waals surface area contributed by atoms with Crippen LogP contribution in [0.2, 0.25) is 19.6 Å². The summed E-state index contributed by atoms with van der Waals surface area (Å²) in [6, 6.07) is 0. The van der Waals surface area contributed by atoms with Gasteiger partial charge >= 0.3 is 0 Å². The first kappa shape index (κ1) is 19.8. The normalized spacial score (nSPS) is 32.4. The van der Waals surface area contributed by atoms with Gasteiger partial charge in [-0.2, -0.15) is 0 Å². The van der Waals surface area contributed by atoms with Crippen LogP contribution < -0.4 is 0 Å². The molecule has 0 aromatic carbocycles. The number of hydrogen-bond acceptors (Lipinski definition) is 2. The Bertz CT molecular complexity index is 522. The van der Waals surface area contributed by atoms with Gasteiger partial charge in [-0.05, 0) is 63.1 Å². The van der Waals surface area contributed by atoms with Crippen molar-refractivity contribution in [3.8, 4) is 11.8 Å². The van der Waals surface area contributed by atoms with Gasteiger partial charge in [-0.15, -0.1) is 5.92 Å². The van der Waals surface area contributed by atoms with Crippen molar-refractivity contribution in [2.24, 2.45) is 23.2 Å². The van der Waals surface area contributed by atoms with Gasteiger partial charge in [-0.1, -0.05) is 37.8 Å². The molecule has 0 aromatic rings. The van der Waals surface area contributed by atoms with Gasteiger partial charge in [0.05, 0.1) is 6.61 Å². The Morgan fingerprint density at radius 3 is 2.71 bits per heavy atom. The summed E-state index contributed by atoms with van der Waals surface area (Å²) in [6.07, 6.45) is 8.81. The predicted molar refractivity (Wildman–Crippen MR) is 104 cm³/mol. The summed E-state index contributed by atoms with van der Waals surface area (Å²) in [5.74, 6) is 7.71. The molecule has 0 spiro atoms. The highest BCUT2D eigenvalue weighted by molar-refractivity contribution is 6.69. The van der Waals surface area contributed by atoms with Gasteiger partial charge in [0.1, 0.15) is 0 Å². The summed E-state index contributed by atoms with van der Waals surface area (Å²) < 4.78 is 6.56. The minimum atomic E-state index is -1.49. The van der Waals surface area contributed by atoms with Crippen molar-refractivity contribution >= 4 is 8.32 Å². The van der Waals surface area contributed by atoms with Crippen molar-refractivity contribution in [1.82, 2.24) is 0 Å². The third kappa shape index (κ3) is 4.53. The van der Waals surface area contributed by atoms with Crippen LogP contribution in [0.1, 0.15) is 52.9 Å². The van der Waals surface area contributed by atoms with Crippen molar-refractivity contribution in [3.05, 3.63) is 11.6 Å². The van der Waals surface area contributed by atoms with E-state index in [0.717, 1.165) is 6.42 Å². The van der Waals surface area contributed by atoms with Crippen LogP contribution in [0.5, 0.6) is 0 Å². The van der Waals surface area contributed by atoms with Gasteiger partial charge in [-0.25, -0.2) is 0 Å². The van der Waals surface area contributed by atoms with E-state index in [1.54, 1.807) is 5.57 Å². The summed E-state index contributed by atoms with van der Waals surface area (Å²) in [4.78, 5) is 0. The van der Waals surface area contributed by atoms with E-state index < -0.39 is 8.32 Å². The fourth-order valence-corrected chi connectivity index (χ4v) is 5.82. The number of aliphatic hydroxyl groups excluding tert-OH is 1. The first-order valence-corrected chi connectivity index (χ1v) is 13.1. The molecule has 0 bridgehead atoms. The first-order chi connectivity index (χ1) is 11.2. The molecular formula is C21H36O2Si. The number of rotatable bonds is 5. The lowest BCUT2D eigenvalue weighted by atomic mass is 9.63. The van der Waals surface area contributed by atoms with Crippen molar-refractivity contribution in [2.75, 3.05) is 6.61 Å². The highest BCUT2D eigenvalue weighted by Crippen LogP contribution is 2.55. The van der Waals surface area contributed by atoms with Gasteiger partial charge in [0.15, 0.2) is 8.32 Å². The van der Waals surface area contributed by atoms with E-state index in [1.165, 1.54) is 25.7 Å². The molecule has 1 N–H and O–H groups in total. The predicted octanol–water partition coefficient (Wildman–Crippen LogP) is 5.00. The molecule has 1 saturated carbocycles. The summed E-state index contributed by atoms with van der Waals surface area (Å²) in [6.45, 7) is 13.8. The van der Waals surface area contributed by atoms with E-state index in [-0.39, 0.29) is 12.5 Å². The molecule has 2 aliphatic rings. The van der Waals surface area contributed by atoms with Crippen LogP contribution in [0.15, 0.2) is 11.6 Å². The van der Waals surface area contributed by atoms with Crippen LogP contribution in [0.25, 0.3) is 0 Å². The van der Waals surface area contributed by atoms with E-state index >= 15 is 0 Å². The zero-order valence-electron chi connectivity index (χ0n) is 16.5. The Kier molecular flexibility index (Phi) is 6.39. The van der Waals surface area contributed by atoms with Gasteiger partial charge in [0.25, 0.3) is 0 Å². The number of fused-ring (bicyclic) bond motifs is 1. The third-order valence-electron chi connectivity index (χ3n) is 5.77. The molecule has 0 aliphatic heterocycles. The molecule has 2 rings (SSSR count). The molecule has 2 nitrogen and oxygen atoms in total. The molecule has 0 radical (unpaired) electrons. The minimum Gasteiger partial charge on any atom is -0.414 e. The lowest BCUT2D eigenvalue weighted by Crippen LogP contribution is -2.45. The molecule has 0 heterocycles. The van der Waals surface area contributed by atoms with Crippen LogP contribution in [0.3, 0.4) is 0 Å². The van der Waals surface area contributed by atoms with E-state index in [4.69, 9.17) is 9.53 Å². The lowest BCUT2D eigenvalue weighted by Gasteiger charge is -2.46. The lowest BCUT2D eigenvalue weighted by molar-refractivity contribution is 0.0203. The standard InChI is InChI=1S/C21H36O2Si/c1-16(15-22)9-7-10-17(2)18-12-13-19-20(23-24(4,5)6)11-8-14-21(18,19)3/h12,16-17,19-20,22H,8,10-11,13-15H2,1-6H3/t16?,17?,19-,20-,21+/m1/s1. The van der Waals surface area contributed by atoms with Crippen LogP contribution in [-0.4, -0.2) is 26.1 Å². The monoisotopic (exact) mass is 348 g/mol. The SMILES string of the molecule is CC(C#CCC(C)C1=CC[C@@H]2[C@H](O[Si](C)(C)C)CCC[C@@]12C)CO. The Hall–Kier alpha value is -0.563. The van der Waals surface area contributed by atoms with Gasteiger partial charge in [0, 0.05) is 18.4 Å². The van der Waals surface area contributed by atoms with Crippen LogP contribution in [-0.2, 0) is 4.43 Å². The second kappa shape index (κ2) is 7.77. The Morgan fingerprint density at radius 2 is 2.08 bits per heavy atom. The molecule has 2 aliphatic carbocycles. The second-order valence-corrected chi connectivity index (χ2v) is 13.6. The number of aliphatic hydroxyl groups is 1. The molecule has 3 heteroatoms. The van der Waals surface area contributed by atoms with E-state index in [1.807, 2.05) is 6.92 Å². The molecule has 0 saturated heterocycles. The molecule has 1 fully saturated rings. The second-order valence-electron chi connectivity index (χ2n) is 9.09. The maximum Gasteiger partial charge on any atom is 0.184 e. The van der Waals surface area contributed by atoms with Crippen LogP contribution >= 0.6 is 0 Å².